The van der Waals surface area contributed by atoms with Crippen molar-refractivity contribution in [1.82, 2.24) is 15.1 Å². The van der Waals surface area contributed by atoms with E-state index in [1.54, 1.807) is 4.90 Å². The lowest BCUT2D eigenvalue weighted by atomic mass is 9.94. The van der Waals surface area contributed by atoms with Crippen LogP contribution in [0, 0.1) is 5.92 Å². The van der Waals surface area contributed by atoms with Crippen molar-refractivity contribution in [2.75, 3.05) is 33.2 Å². The fourth-order valence-electron chi connectivity index (χ4n) is 2.45. The molecule has 0 aromatic rings. The SMILES string of the molecule is CCN(CCC(=O)O)C(=O)NC1CCN(C)CC1C. The van der Waals surface area contributed by atoms with Crippen LogP contribution in [-0.2, 0) is 4.79 Å². The lowest BCUT2D eigenvalue weighted by Gasteiger charge is -2.36. The molecule has 0 aliphatic carbocycles. The van der Waals surface area contributed by atoms with E-state index in [1.807, 2.05) is 6.92 Å². The Labute approximate surface area is 114 Å². The number of rotatable bonds is 5. The largest absolute Gasteiger partial charge is 0.481 e. The van der Waals surface area contributed by atoms with Gasteiger partial charge >= 0.3 is 12.0 Å². The summed E-state index contributed by atoms with van der Waals surface area (Å²) < 4.78 is 0. The summed E-state index contributed by atoms with van der Waals surface area (Å²) in [5, 5.41) is 11.7. The first kappa shape index (κ1) is 15.8. The second-order valence-electron chi connectivity index (χ2n) is 5.31. The molecule has 1 heterocycles. The van der Waals surface area contributed by atoms with Gasteiger partial charge in [0.05, 0.1) is 6.42 Å². The summed E-state index contributed by atoms with van der Waals surface area (Å²) in [6, 6.07) is 0.0349. The molecule has 1 fully saturated rings. The number of aliphatic carboxylic acids is 1. The van der Waals surface area contributed by atoms with Crippen molar-refractivity contribution in [3.63, 3.8) is 0 Å². The van der Waals surface area contributed by atoms with Gasteiger partial charge in [-0.1, -0.05) is 6.92 Å². The highest BCUT2D eigenvalue weighted by molar-refractivity contribution is 5.75. The molecule has 0 radical (unpaired) electrons. The number of hydrogen-bond donors (Lipinski definition) is 2. The number of carboxylic acids is 1. The first-order valence-corrected chi connectivity index (χ1v) is 6.89. The van der Waals surface area contributed by atoms with Crippen LogP contribution in [0.5, 0.6) is 0 Å². The van der Waals surface area contributed by atoms with Crippen molar-refractivity contribution in [3.05, 3.63) is 0 Å². The number of nitrogens with one attached hydrogen (secondary N) is 1. The number of hydrogen-bond acceptors (Lipinski definition) is 3. The van der Waals surface area contributed by atoms with Gasteiger partial charge in [0.15, 0.2) is 0 Å². The van der Waals surface area contributed by atoms with Crippen LogP contribution in [0.25, 0.3) is 0 Å². The van der Waals surface area contributed by atoms with E-state index in [2.05, 4.69) is 24.2 Å². The van der Waals surface area contributed by atoms with Crippen molar-refractivity contribution in [3.8, 4) is 0 Å². The number of carbonyl (C=O) groups excluding carboxylic acids is 1. The van der Waals surface area contributed by atoms with Crippen molar-refractivity contribution in [2.24, 2.45) is 5.92 Å². The van der Waals surface area contributed by atoms with Gasteiger partial charge in [0.2, 0.25) is 0 Å². The quantitative estimate of drug-likeness (QED) is 0.777. The minimum absolute atomic E-state index is 0.00970. The van der Waals surface area contributed by atoms with E-state index in [4.69, 9.17) is 5.11 Å². The number of urea groups is 1. The number of nitrogens with zero attached hydrogens (tertiary/aromatic N) is 2. The van der Waals surface area contributed by atoms with E-state index in [9.17, 15) is 9.59 Å². The van der Waals surface area contributed by atoms with E-state index < -0.39 is 5.97 Å². The topological polar surface area (TPSA) is 72.9 Å². The molecular weight excluding hydrogens is 246 g/mol. The molecule has 1 rings (SSSR count). The minimum Gasteiger partial charge on any atom is -0.481 e. The summed E-state index contributed by atoms with van der Waals surface area (Å²) in [7, 11) is 2.08. The molecule has 19 heavy (non-hydrogen) atoms. The Morgan fingerprint density at radius 3 is 2.68 bits per heavy atom. The summed E-state index contributed by atoms with van der Waals surface area (Å²) in [5.74, 6) is -0.459. The van der Waals surface area contributed by atoms with Crippen molar-refractivity contribution < 1.29 is 14.7 Å². The normalized spacial score (nSPS) is 23.9. The maximum absolute atomic E-state index is 12.1. The molecule has 6 nitrogen and oxygen atoms in total. The predicted octanol–water partition coefficient (Wildman–Crippen LogP) is 0.833. The van der Waals surface area contributed by atoms with Crippen LogP contribution in [0.15, 0.2) is 0 Å². The summed E-state index contributed by atoms with van der Waals surface area (Å²) in [5.41, 5.74) is 0. The van der Waals surface area contributed by atoms with Crippen LogP contribution in [0.4, 0.5) is 4.79 Å². The molecule has 0 spiro atoms. The number of carbonyl (C=O) groups is 2. The van der Waals surface area contributed by atoms with E-state index in [1.165, 1.54) is 0 Å². The van der Waals surface area contributed by atoms with Gasteiger partial charge in [-0.15, -0.1) is 0 Å². The number of carboxylic acid groups (broad SMARTS) is 1. The maximum Gasteiger partial charge on any atom is 0.317 e. The Balaban J connectivity index is 2.45. The van der Waals surface area contributed by atoms with Crippen molar-refractivity contribution >= 4 is 12.0 Å². The second kappa shape index (κ2) is 7.33. The van der Waals surface area contributed by atoms with E-state index >= 15 is 0 Å². The first-order chi connectivity index (χ1) is 8.93. The minimum atomic E-state index is -0.876. The highest BCUT2D eigenvalue weighted by Crippen LogP contribution is 2.15. The van der Waals surface area contributed by atoms with Crippen LogP contribution >= 0.6 is 0 Å². The van der Waals surface area contributed by atoms with E-state index in [-0.39, 0.29) is 25.0 Å². The fourth-order valence-corrected chi connectivity index (χ4v) is 2.45. The number of piperidine rings is 1. The van der Waals surface area contributed by atoms with Gasteiger partial charge in [0.25, 0.3) is 0 Å². The molecule has 2 atom stereocenters. The molecule has 2 N–H and O–H groups in total. The summed E-state index contributed by atoms with van der Waals surface area (Å²) >= 11 is 0. The lowest BCUT2D eigenvalue weighted by molar-refractivity contribution is -0.137. The van der Waals surface area contributed by atoms with Crippen molar-refractivity contribution in [1.29, 1.82) is 0 Å². The molecule has 0 bridgehead atoms. The number of amides is 2. The van der Waals surface area contributed by atoms with Gasteiger partial charge in [-0.25, -0.2) is 4.79 Å². The van der Waals surface area contributed by atoms with Crippen LogP contribution < -0.4 is 5.32 Å². The molecule has 6 heteroatoms. The van der Waals surface area contributed by atoms with Gasteiger partial charge in [-0.2, -0.15) is 0 Å². The lowest BCUT2D eigenvalue weighted by Crippen LogP contribution is -2.52. The zero-order chi connectivity index (χ0) is 14.4. The molecule has 1 saturated heterocycles. The predicted molar refractivity (Wildman–Crippen MR) is 73.1 cm³/mol. The molecule has 2 unspecified atom stereocenters. The fraction of sp³-hybridized carbons (Fsp3) is 0.846. The van der Waals surface area contributed by atoms with Gasteiger partial charge in [-0.05, 0) is 32.9 Å². The average Bonchev–Trinajstić information content (AvgIpc) is 2.33. The van der Waals surface area contributed by atoms with Gasteiger partial charge in [-0.3, -0.25) is 4.79 Å². The Bertz CT molecular complexity index is 322. The Morgan fingerprint density at radius 2 is 2.16 bits per heavy atom. The molecule has 0 aromatic carbocycles. The van der Waals surface area contributed by atoms with E-state index in [0.29, 0.717) is 12.5 Å². The molecule has 0 aromatic heterocycles. The standard InChI is InChI=1S/C13H25N3O3/c1-4-16(8-6-12(17)18)13(19)14-11-5-7-15(3)9-10(11)2/h10-11H,4-9H2,1-3H3,(H,14,19)(H,17,18). The van der Waals surface area contributed by atoms with Crippen LogP contribution in [0.3, 0.4) is 0 Å². The maximum atomic E-state index is 12.1. The zero-order valence-corrected chi connectivity index (χ0v) is 12.1. The molecule has 2 amide bonds. The smallest absolute Gasteiger partial charge is 0.317 e. The Kier molecular flexibility index (Phi) is 6.08. The summed E-state index contributed by atoms with van der Waals surface area (Å²) in [6.07, 6.45) is 0.935. The van der Waals surface area contributed by atoms with Crippen LogP contribution in [-0.4, -0.2) is 66.2 Å². The Morgan fingerprint density at radius 1 is 1.47 bits per heavy atom. The van der Waals surface area contributed by atoms with Gasteiger partial charge in [0, 0.05) is 25.7 Å². The molecule has 0 saturated carbocycles. The number of likely N-dealkylation sites (tertiary alicyclic amines) is 1. The average molecular weight is 271 g/mol. The zero-order valence-electron chi connectivity index (χ0n) is 12.1. The third-order valence-electron chi connectivity index (χ3n) is 3.68. The highest BCUT2D eigenvalue weighted by Gasteiger charge is 2.26. The summed E-state index contributed by atoms with van der Waals surface area (Å²) in [4.78, 5) is 26.5. The monoisotopic (exact) mass is 271 g/mol. The molecule has 1 aliphatic heterocycles. The van der Waals surface area contributed by atoms with Gasteiger partial charge in [0.1, 0.15) is 0 Å². The molecular formula is C13H25N3O3. The Hall–Kier alpha value is -1.30. The highest BCUT2D eigenvalue weighted by atomic mass is 16.4. The summed E-state index contributed by atoms with van der Waals surface area (Å²) in [6.45, 7) is 6.75. The first-order valence-electron chi connectivity index (χ1n) is 6.89. The third kappa shape index (κ3) is 5.06. The van der Waals surface area contributed by atoms with E-state index in [0.717, 1.165) is 19.5 Å². The molecule has 110 valence electrons. The van der Waals surface area contributed by atoms with Crippen LogP contribution in [0.2, 0.25) is 0 Å². The third-order valence-corrected chi connectivity index (χ3v) is 3.68. The van der Waals surface area contributed by atoms with Gasteiger partial charge < -0.3 is 20.2 Å². The second-order valence-corrected chi connectivity index (χ2v) is 5.31. The molecule has 1 aliphatic rings. The van der Waals surface area contributed by atoms with Crippen LogP contribution in [0.1, 0.15) is 26.7 Å². The van der Waals surface area contributed by atoms with Crippen molar-refractivity contribution in [2.45, 2.75) is 32.7 Å².